The molecule has 1 atom stereocenters. The van der Waals surface area contributed by atoms with Crippen LogP contribution in [0.15, 0.2) is 0 Å². The van der Waals surface area contributed by atoms with E-state index in [-0.39, 0.29) is 12.0 Å². The van der Waals surface area contributed by atoms with Crippen molar-refractivity contribution < 1.29 is 9.53 Å². The van der Waals surface area contributed by atoms with Crippen LogP contribution >= 0.6 is 34.3 Å². The molecule has 1 fully saturated rings. The van der Waals surface area contributed by atoms with Crippen LogP contribution in [0.25, 0.3) is 0 Å². The van der Waals surface area contributed by atoms with Crippen molar-refractivity contribution in [3.8, 4) is 0 Å². The van der Waals surface area contributed by atoms with Gasteiger partial charge in [0.25, 0.3) is 5.91 Å². The Hall–Kier alpha value is -1.09. The molecule has 2 aromatic heterocycles. The minimum absolute atomic E-state index is 0.00312. The van der Waals surface area contributed by atoms with Crippen molar-refractivity contribution >= 4 is 45.3 Å². The van der Waals surface area contributed by atoms with Crippen LogP contribution in [0, 0.1) is 5.92 Å². The standard InChI is InChI=1S/C14H17ClN4O2S2/c1-7(2)6-9-10(16-13(15)22-9)11(20)17-14-19-18-12(23-14)8-4-3-5-21-8/h7-8H,3-6H2,1-2H3,(H,17,19,20). The predicted octanol–water partition coefficient (Wildman–Crippen LogP) is 3.95. The molecule has 3 rings (SSSR count). The number of anilines is 1. The molecule has 9 heteroatoms. The molecular weight excluding hydrogens is 356 g/mol. The van der Waals surface area contributed by atoms with E-state index in [1.165, 1.54) is 22.7 Å². The maximum absolute atomic E-state index is 12.4. The Labute approximate surface area is 147 Å². The molecule has 1 amide bonds. The van der Waals surface area contributed by atoms with Crippen LogP contribution in [0.1, 0.15) is 53.2 Å². The second kappa shape index (κ2) is 7.21. The quantitative estimate of drug-likeness (QED) is 0.859. The van der Waals surface area contributed by atoms with E-state index in [4.69, 9.17) is 16.3 Å². The van der Waals surface area contributed by atoms with Crippen molar-refractivity contribution in [3.05, 3.63) is 20.0 Å². The van der Waals surface area contributed by atoms with Gasteiger partial charge in [0.05, 0.1) is 0 Å². The first-order chi connectivity index (χ1) is 11.0. The number of hydrogen-bond donors (Lipinski definition) is 1. The molecule has 23 heavy (non-hydrogen) atoms. The number of rotatable bonds is 5. The van der Waals surface area contributed by atoms with Crippen molar-refractivity contribution in [3.63, 3.8) is 0 Å². The summed E-state index contributed by atoms with van der Waals surface area (Å²) < 4.78 is 5.95. The molecule has 0 aliphatic carbocycles. The second-order valence-electron chi connectivity index (χ2n) is 5.74. The molecule has 1 aliphatic rings. The van der Waals surface area contributed by atoms with E-state index in [1.807, 2.05) is 0 Å². The molecule has 1 N–H and O–H groups in total. The third-order valence-electron chi connectivity index (χ3n) is 3.35. The molecule has 3 heterocycles. The Kier molecular flexibility index (Phi) is 5.25. The van der Waals surface area contributed by atoms with E-state index in [9.17, 15) is 4.79 Å². The molecule has 0 aromatic carbocycles. The smallest absolute Gasteiger partial charge is 0.277 e. The molecular formula is C14H17ClN4O2S2. The van der Waals surface area contributed by atoms with Gasteiger partial charge in [-0.05, 0) is 25.2 Å². The normalized spacial score (nSPS) is 17.8. The average molecular weight is 373 g/mol. The highest BCUT2D eigenvalue weighted by Crippen LogP contribution is 2.32. The number of carbonyl (C=O) groups is 1. The third-order valence-corrected chi connectivity index (χ3v) is 5.46. The largest absolute Gasteiger partial charge is 0.371 e. The topological polar surface area (TPSA) is 77.0 Å². The van der Waals surface area contributed by atoms with Crippen molar-refractivity contribution in [2.75, 3.05) is 11.9 Å². The summed E-state index contributed by atoms with van der Waals surface area (Å²) in [6.07, 6.45) is 2.75. The predicted molar refractivity (Wildman–Crippen MR) is 91.5 cm³/mol. The number of aromatic nitrogens is 3. The lowest BCUT2D eigenvalue weighted by Gasteiger charge is -2.04. The van der Waals surface area contributed by atoms with Crippen LogP contribution in [0.3, 0.4) is 0 Å². The fourth-order valence-corrected chi connectivity index (χ4v) is 4.53. The average Bonchev–Trinajstić information content (AvgIpc) is 3.18. The van der Waals surface area contributed by atoms with E-state index >= 15 is 0 Å². The Balaban J connectivity index is 1.71. The Morgan fingerprint density at radius 1 is 1.43 bits per heavy atom. The Morgan fingerprint density at radius 3 is 2.96 bits per heavy atom. The van der Waals surface area contributed by atoms with Gasteiger partial charge in [-0.2, -0.15) is 0 Å². The number of thiazole rings is 1. The molecule has 1 unspecified atom stereocenters. The van der Waals surface area contributed by atoms with Crippen LogP contribution in [-0.4, -0.2) is 27.7 Å². The van der Waals surface area contributed by atoms with Gasteiger partial charge in [0.15, 0.2) is 4.47 Å². The zero-order chi connectivity index (χ0) is 16.4. The highest BCUT2D eigenvalue weighted by Gasteiger charge is 2.24. The number of nitrogens with zero attached hydrogens (tertiary/aromatic N) is 3. The van der Waals surface area contributed by atoms with Gasteiger partial charge in [-0.15, -0.1) is 21.5 Å². The maximum Gasteiger partial charge on any atom is 0.277 e. The summed E-state index contributed by atoms with van der Waals surface area (Å²) >= 11 is 8.66. The van der Waals surface area contributed by atoms with Crippen molar-refractivity contribution in [2.24, 2.45) is 5.92 Å². The van der Waals surface area contributed by atoms with Gasteiger partial charge in [0, 0.05) is 11.5 Å². The Bertz CT molecular complexity index is 695. The van der Waals surface area contributed by atoms with E-state index in [1.54, 1.807) is 0 Å². The fourth-order valence-electron chi connectivity index (χ4n) is 2.35. The monoisotopic (exact) mass is 372 g/mol. The van der Waals surface area contributed by atoms with E-state index < -0.39 is 0 Å². The summed E-state index contributed by atoms with van der Waals surface area (Å²) in [5.41, 5.74) is 0.377. The summed E-state index contributed by atoms with van der Waals surface area (Å²) in [4.78, 5) is 17.5. The summed E-state index contributed by atoms with van der Waals surface area (Å²) in [6.45, 7) is 4.93. The zero-order valence-corrected chi connectivity index (χ0v) is 15.2. The highest BCUT2D eigenvalue weighted by atomic mass is 35.5. The number of halogens is 1. The summed E-state index contributed by atoms with van der Waals surface area (Å²) in [7, 11) is 0. The minimum atomic E-state index is -0.293. The van der Waals surface area contributed by atoms with Gasteiger partial charge in [0.2, 0.25) is 5.13 Å². The fraction of sp³-hybridized carbons (Fsp3) is 0.571. The van der Waals surface area contributed by atoms with Crippen LogP contribution in [-0.2, 0) is 11.2 Å². The number of hydrogen-bond acceptors (Lipinski definition) is 7. The van der Waals surface area contributed by atoms with Crippen LogP contribution in [0.5, 0.6) is 0 Å². The van der Waals surface area contributed by atoms with Gasteiger partial charge in [-0.25, -0.2) is 4.98 Å². The number of carbonyl (C=O) groups excluding carboxylic acids is 1. The molecule has 2 aromatic rings. The lowest BCUT2D eigenvalue weighted by atomic mass is 10.1. The second-order valence-corrected chi connectivity index (χ2v) is 8.41. The SMILES string of the molecule is CC(C)Cc1sc(Cl)nc1C(=O)Nc1nnc(C2CCCO2)s1. The first-order valence-corrected chi connectivity index (χ1v) is 9.45. The first-order valence-electron chi connectivity index (χ1n) is 7.44. The molecule has 1 saturated heterocycles. The van der Waals surface area contributed by atoms with E-state index in [0.29, 0.717) is 21.2 Å². The molecule has 1 aliphatic heterocycles. The van der Waals surface area contributed by atoms with Gasteiger partial charge in [-0.1, -0.05) is 36.8 Å². The third kappa shape index (κ3) is 4.06. The van der Waals surface area contributed by atoms with Crippen LogP contribution in [0.2, 0.25) is 4.47 Å². The molecule has 124 valence electrons. The van der Waals surface area contributed by atoms with Gasteiger partial charge < -0.3 is 4.74 Å². The number of amides is 1. The molecule has 0 bridgehead atoms. The number of ether oxygens (including phenoxy) is 1. The molecule has 0 saturated carbocycles. The zero-order valence-electron chi connectivity index (χ0n) is 12.8. The molecule has 6 nitrogen and oxygen atoms in total. The lowest BCUT2D eigenvalue weighted by Crippen LogP contribution is -2.14. The summed E-state index contributed by atoms with van der Waals surface area (Å²) in [5, 5.41) is 12.2. The minimum Gasteiger partial charge on any atom is -0.371 e. The van der Waals surface area contributed by atoms with E-state index in [2.05, 4.69) is 34.3 Å². The summed E-state index contributed by atoms with van der Waals surface area (Å²) in [6, 6.07) is 0. The maximum atomic E-state index is 12.4. The van der Waals surface area contributed by atoms with Crippen molar-refractivity contribution in [1.29, 1.82) is 0 Å². The van der Waals surface area contributed by atoms with E-state index in [0.717, 1.165) is 35.8 Å². The van der Waals surface area contributed by atoms with Crippen molar-refractivity contribution in [1.82, 2.24) is 15.2 Å². The van der Waals surface area contributed by atoms with Crippen LogP contribution < -0.4 is 5.32 Å². The first kappa shape index (κ1) is 16.8. The molecule has 0 spiro atoms. The Morgan fingerprint density at radius 2 is 2.26 bits per heavy atom. The highest BCUT2D eigenvalue weighted by molar-refractivity contribution is 7.16. The van der Waals surface area contributed by atoms with Gasteiger partial charge >= 0.3 is 0 Å². The summed E-state index contributed by atoms with van der Waals surface area (Å²) in [5.74, 6) is 0.129. The van der Waals surface area contributed by atoms with Gasteiger partial charge in [-0.3, -0.25) is 10.1 Å². The van der Waals surface area contributed by atoms with Gasteiger partial charge in [0.1, 0.15) is 16.8 Å². The molecule has 0 radical (unpaired) electrons. The van der Waals surface area contributed by atoms with Crippen molar-refractivity contribution in [2.45, 2.75) is 39.2 Å². The lowest BCUT2D eigenvalue weighted by molar-refractivity contribution is 0.102. The number of nitrogens with one attached hydrogen (secondary N) is 1. The van der Waals surface area contributed by atoms with Crippen LogP contribution in [0.4, 0.5) is 5.13 Å².